The Kier molecular flexibility index (Phi) is 5.10. The van der Waals surface area contributed by atoms with Crippen molar-refractivity contribution in [3.63, 3.8) is 0 Å². The summed E-state index contributed by atoms with van der Waals surface area (Å²) >= 11 is 18.5. The lowest BCUT2D eigenvalue weighted by Crippen LogP contribution is -2.27. The van der Waals surface area contributed by atoms with Crippen molar-refractivity contribution >= 4 is 69.2 Å². The molecule has 0 spiro atoms. The molecule has 1 fully saturated rings. The molecule has 0 unspecified atom stereocenters. The second-order valence-corrected chi connectivity index (χ2v) is 8.25. The maximum Gasteiger partial charge on any atom is 0.270 e. The standard InChI is InChI=1S/C20H11Cl2NO2S2/c21-13-6-4-12(5-7-13)17-9-8-16(25-17)11-18-19(24)23(20(26)27-18)15-3-1-2-14(22)10-15/h1-11H/b18-11-. The van der Waals surface area contributed by atoms with E-state index >= 15 is 0 Å². The molecule has 0 radical (unpaired) electrons. The van der Waals surface area contributed by atoms with E-state index in [2.05, 4.69) is 0 Å². The Morgan fingerprint density at radius 3 is 2.52 bits per heavy atom. The highest BCUT2D eigenvalue weighted by molar-refractivity contribution is 8.27. The van der Waals surface area contributed by atoms with E-state index in [4.69, 9.17) is 39.8 Å². The Hall–Kier alpha value is -2.05. The third-order valence-corrected chi connectivity index (χ3v) is 5.68. The molecule has 0 N–H and O–H groups in total. The molecule has 1 aromatic heterocycles. The van der Waals surface area contributed by atoms with E-state index in [1.165, 1.54) is 16.7 Å². The SMILES string of the molecule is O=C1/C(=C/c2ccc(-c3ccc(Cl)cc3)o2)SC(=S)N1c1cccc(Cl)c1. The summed E-state index contributed by atoms with van der Waals surface area (Å²) in [5.41, 5.74) is 1.56. The number of anilines is 1. The van der Waals surface area contributed by atoms with Crippen LogP contribution < -0.4 is 4.90 Å². The van der Waals surface area contributed by atoms with Crippen molar-refractivity contribution in [1.29, 1.82) is 0 Å². The Morgan fingerprint density at radius 2 is 1.78 bits per heavy atom. The number of hydrogen-bond donors (Lipinski definition) is 0. The first kappa shape index (κ1) is 18.3. The van der Waals surface area contributed by atoms with Gasteiger partial charge in [0.2, 0.25) is 0 Å². The van der Waals surface area contributed by atoms with Crippen molar-refractivity contribution < 1.29 is 9.21 Å². The second-order valence-electron chi connectivity index (χ2n) is 5.71. The maximum absolute atomic E-state index is 12.8. The first-order valence-corrected chi connectivity index (χ1v) is 9.88. The van der Waals surface area contributed by atoms with Crippen LogP contribution in [0.25, 0.3) is 17.4 Å². The normalized spacial score (nSPS) is 15.8. The lowest BCUT2D eigenvalue weighted by atomic mass is 10.2. The molecule has 1 aliphatic rings. The first-order chi connectivity index (χ1) is 13.0. The second kappa shape index (κ2) is 7.52. The Bertz CT molecular complexity index is 1070. The fourth-order valence-electron chi connectivity index (χ4n) is 2.63. The minimum atomic E-state index is -0.197. The largest absolute Gasteiger partial charge is 0.457 e. The number of thiocarbonyl (C=S) groups is 1. The number of rotatable bonds is 3. The number of furan rings is 1. The predicted molar refractivity (Wildman–Crippen MR) is 116 cm³/mol. The van der Waals surface area contributed by atoms with E-state index in [0.29, 0.717) is 36.5 Å². The van der Waals surface area contributed by atoms with E-state index in [0.717, 1.165) is 5.56 Å². The zero-order valence-corrected chi connectivity index (χ0v) is 16.8. The molecule has 134 valence electrons. The quantitative estimate of drug-likeness (QED) is 0.342. The molecule has 2 heterocycles. The van der Waals surface area contributed by atoms with Crippen LogP contribution in [-0.2, 0) is 4.79 Å². The maximum atomic E-state index is 12.8. The molecule has 0 saturated carbocycles. The van der Waals surface area contributed by atoms with E-state index in [9.17, 15) is 4.79 Å². The summed E-state index contributed by atoms with van der Waals surface area (Å²) in [5, 5.41) is 1.21. The number of hydrogen-bond acceptors (Lipinski definition) is 4. The van der Waals surface area contributed by atoms with Crippen LogP contribution in [0.4, 0.5) is 5.69 Å². The smallest absolute Gasteiger partial charge is 0.270 e. The van der Waals surface area contributed by atoms with E-state index in [1.54, 1.807) is 42.5 Å². The molecular formula is C20H11Cl2NO2S2. The average molecular weight is 432 g/mol. The van der Waals surface area contributed by atoms with Crippen molar-refractivity contribution in [1.82, 2.24) is 0 Å². The summed E-state index contributed by atoms with van der Waals surface area (Å²) in [5.74, 6) is 1.08. The van der Waals surface area contributed by atoms with Crippen LogP contribution >= 0.6 is 47.2 Å². The average Bonchev–Trinajstić information content (AvgIpc) is 3.21. The molecule has 4 rings (SSSR count). The molecule has 3 nitrogen and oxygen atoms in total. The van der Waals surface area contributed by atoms with Gasteiger partial charge in [-0.15, -0.1) is 0 Å². The Labute approximate surface area is 175 Å². The van der Waals surface area contributed by atoms with Crippen LogP contribution in [0.15, 0.2) is 70.0 Å². The highest BCUT2D eigenvalue weighted by atomic mass is 35.5. The van der Waals surface area contributed by atoms with Gasteiger partial charge in [0.05, 0.1) is 10.6 Å². The van der Waals surface area contributed by atoms with Gasteiger partial charge < -0.3 is 4.42 Å². The molecule has 7 heteroatoms. The molecule has 0 atom stereocenters. The molecule has 3 aromatic rings. The van der Waals surface area contributed by atoms with Gasteiger partial charge in [-0.1, -0.05) is 53.2 Å². The van der Waals surface area contributed by atoms with Gasteiger partial charge in [-0.05, 0) is 54.6 Å². The Balaban J connectivity index is 1.61. The van der Waals surface area contributed by atoms with Crippen molar-refractivity contribution in [2.45, 2.75) is 0 Å². The minimum Gasteiger partial charge on any atom is -0.457 e. The van der Waals surface area contributed by atoms with E-state index in [1.807, 2.05) is 24.3 Å². The third-order valence-electron chi connectivity index (χ3n) is 3.89. The fraction of sp³-hybridized carbons (Fsp3) is 0. The highest BCUT2D eigenvalue weighted by Gasteiger charge is 2.33. The van der Waals surface area contributed by atoms with Crippen LogP contribution in [0.2, 0.25) is 10.0 Å². The lowest BCUT2D eigenvalue weighted by molar-refractivity contribution is -0.113. The minimum absolute atomic E-state index is 0.197. The molecule has 2 aromatic carbocycles. The highest BCUT2D eigenvalue weighted by Crippen LogP contribution is 2.37. The van der Waals surface area contributed by atoms with Crippen LogP contribution in [0, 0.1) is 0 Å². The van der Waals surface area contributed by atoms with Crippen LogP contribution in [0.5, 0.6) is 0 Å². The molecule has 1 saturated heterocycles. The van der Waals surface area contributed by atoms with Gasteiger partial charge in [-0.25, -0.2) is 0 Å². The summed E-state index contributed by atoms with van der Waals surface area (Å²) in [6.07, 6.45) is 1.70. The number of benzene rings is 2. The molecule has 0 bridgehead atoms. The summed E-state index contributed by atoms with van der Waals surface area (Å²) in [4.78, 5) is 14.8. The first-order valence-electron chi connectivity index (χ1n) is 7.90. The zero-order valence-electron chi connectivity index (χ0n) is 13.7. The monoisotopic (exact) mass is 431 g/mol. The number of carbonyl (C=O) groups is 1. The van der Waals surface area contributed by atoms with Gasteiger partial charge >= 0.3 is 0 Å². The van der Waals surface area contributed by atoms with E-state index in [-0.39, 0.29) is 5.91 Å². The summed E-state index contributed by atoms with van der Waals surface area (Å²) in [6, 6.07) is 18.1. The van der Waals surface area contributed by atoms with Crippen LogP contribution in [0.3, 0.4) is 0 Å². The number of nitrogens with zero attached hydrogens (tertiary/aromatic N) is 1. The van der Waals surface area contributed by atoms with Gasteiger partial charge in [-0.2, -0.15) is 0 Å². The number of amides is 1. The molecule has 27 heavy (non-hydrogen) atoms. The van der Waals surface area contributed by atoms with Gasteiger partial charge in [0.1, 0.15) is 11.5 Å². The number of thioether (sulfide) groups is 1. The fourth-order valence-corrected chi connectivity index (χ4v) is 4.22. The van der Waals surface area contributed by atoms with Crippen LogP contribution in [-0.4, -0.2) is 10.2 Å². The lowest BCUT2D eigenvalue weighted by Gasteiger charge is -2.14. The summed E-state index contributed by atoms with van der Waals surface area (Å²) < 4.78 is 6.30. The molecule has 1 aliphatic heterocycles. The summed E-state index contributed by atoms with van der Waals surface area (Å²) in [6.45, 7) is 0. The predicted octanol–water partition coefficient (Wildman–Crippen LogP) is 6.66. The van der Waals surface area contributed by atoms with Gasteiger partial charge in [-0.3, -0.25) is 9.69 Å². The molecular weight excluding hydrogens is 421 g/mol. The van der Waals surface area contributed by atoms with Crippen molar-refractivity contribution in [2.75, 3.05) is 4.90 Å². The van der Waals surface area contributed by atoms with Crippen molar-refractivity contribution in [3.05, 3.63) is 81.4 Å². The van der Waals surface area contributed by atoms with E-state index < -0.39 is 0 Å². The van der Waals surface area contributed by atoms with Gasteiger partial charge in [0, 0.05) is 21.7 Å². The van der Waals surface area contributed by atoms with Gasteiger partial charge in [0.15, 0.2) is 4.32 Å². The zero-order chi connectivity index (χ0) is 19.0. The number of halogens is 2. The molecule has 0 aliphatic carbocycles. The van der Waals surface area contributed by atoms with Crippen molar-refractivity contribution in [2.24, 2.45) is 0 Å². The summed E-state index contributed by atoms with van der Waals surface area (Å²) in [7, 11) is 0. The Morgan fingerprint density at radius 1 is 1.00 bits per heavy atom. The van der Waals surface area contributed by atoms with Crippen LogP contribution in [0.1, 0.15) is 5.76 Å². The molecule has 1 amide bonds. The topological polar surface area (TPSA) is 33.5 Å². The third kappa shape index (κ3) is 3.82. The van der Waals surface area contributed by atoms with Crippen molar-refractivity contribution in [3.8, 4) is 11.3 Å². The van der Waals surface area contributed by atoms with Gasteiger partial charge in [0.25, 0.3) is 5.91 Å². The number of carbonyl (C=O) groups excluding carboxylic acids is 1.